The van der Waals surface area contributed by atoms with E-state index < -0.39 is 0 Å². The van der Waals surface area contributed by atoms with Crippen LogP contribution in [0.5, 0.6) is 17.2 Å². The lowest BCUT2D eigenvalue weighted by molar-refractivity contribution is 0.378. The SMILES string of the molecule is CCc1ccc(Oc2c(N)cncc2Br)c(OC)c1. The summed E-state index contributed by atoms with van der Waals surface area (Å²) in [7, 11) is 1.62. The van der Waals surface area contributed by atoms with E-state index in [-0.39, 0.29) is 0 Å². The highest BCUT2D eigenvalue weighted by Gasteiger charge is 2.11. The normalized spacial score (nSPS) is 10.3. The third-order valence-electron chi connectivity index (χ3n) is 2.73. The fraction of sp³-hybridized carbons (Fsp3) is 0.214. The van der Waals surface area contributed by atoms with Gasteiger partial charge in [-0.2, -0.15) is 0 Å². The first kappa shape index (κ1) is 13.7. The smallest absolute Gasteiger partial charge is 0.169 e. The van der Waals surface area contributed by atoms with Gasteiger partial charge in [0.15, 0.2) is 17.2 Å². The molecule has 2 N–H and O–H groups in total. The van der Waals surface area contributed by atoms with Crippen molar-refractivity contribution in [2.24, 2.45) is 0 Å². The average Bonchev–Trinajstić information content (AvgIpc) is 2.43. The number of nitrogen functional groups attached to an aromatic ring is 1. The number of benzene rings is 1. The highest BCUT2D eigenvalue weighted by atomic mass is 79.9. The van der Waals surface area contributed by atoms with E-state index in [9.17, 15) is 0 Å². The number of hydrogen-bond donors (Lipinski definition) is 1. The van der Waals surface area contributed by atoms with E-state index in [0.717, 1.165) is 6.42 Å². The summed E-state index contributed by atoms with van der Waals surface area (Å²) in [6, 6.07) is 5.84. The van der Waals surface area contributed by atoms with Crippen LogP contribution in [0, 0.1) is 0 Å². The molecule has 0 bridgehead atoms. The van der Waals surface area contributed by atoms with Crippen molar-refractivity contribution in [1.29, 1.82) is 0 Å². The summed E-state index contributed by atoms with van der Waals surface area (Å²) in [6.07, 6.45) is 4.13. The van der Waals surface area contributed by atoms with Gasteiger partial charge in [-0.3, -0.25) is 4.98 Å². The molecular weight excluding hydrogens is 308 g/mol. The van der Waals surface area contributed by atoms with Gasteiger partial charge in [0.1, 0.15) is 0 Å². The lowest BCUT2D eigenvalue weighted by Gasteiger charge is -2.13. The number of halogens is 1. The van der Waals surface area contributed by atoms with Crippen molar-refractivity contribution < 1.29 is 9.47 Å². The quantitative estimate of drug-likeness (QED) is 0.930. The molecule has 2 aromatic rings. The van der Waals surface area contributed by atoms with Gasteiger partial charge in [-0.25, -0.2) is 0 Å². The van der Waals surface area contributed by atoms with Crippen LogP contribution in [0.15, 0.2) is 35.1 Å². The Hall–Kier alpha value is -1.75. The van der Waals surface area contributed by atoms with E-state index >= 15 is 0 Å². The Morgan fingerprint density at radius 1 is 1.26 bits per heavy atom. The molecule has 0 saturated heterocycles. The number of pyridine rings is 1. The van der Waals surface area contributed by atoms with Crippen molar-refractivity contribution in [2.75, 3.05) is 12.8 Å². The van der Waals surface area contributed by atoms with Gasteiger partial charge in [-0.15, -0.1) is 0 Å². The Morgan fingerprint density at radius 2 is 2.05 bits per heavy atom. The van der Waals surface area contributed by atoms with Crippen LogP contribution >= 0.6 is 15.9 Å². The topological polar surface area (TPSA) is 57.4 Å². The standard InChI is InChI=1S/C14H15BrN2O2/c1-3-9-4-5-12(13(6-9)18-2)19-14-10(15)7-17-8-11(14)16/h4-8H,3,16H2,1-2H3. The molecule has 0 atom stereocenters. The maximum atomic E-state index is 5.86. The van der Waals surface area contributed by atoms with E-state index in [0.29, 0.717) is 27.4 Å². The molecule has 1 aromatic heterocycles. The molecule has 0 saturated carbocycles. The lowest BCUT2D eigenvalue weighted by atomic mass is 10.1. The molecule has 1 aromatic carbocycles. The second-order valence-corrected chi connectivity index (χ2v) is 4.83. The number of aromatic nitrogens is 1. The van der Waals surface area contributed by atoms with Crippen molar-refractivity contribution in [3.8, 4) is 17.2 Å². The minimum absolute atomic E-state index is 0.469. The molecule has 100 valence electrons. The Balaban J connectivity index is 2.38. The summed E-state index contributed by atoms with van der Waals surface area (Å²) in [5, 5.41) is 0. The molecule has 0 amide bonds. The van der Waals surface area contributed by atoms with Crippen LogP contribution in [-0.2, 0) is 6.42 Å². The predicted molar refractivity (Wildman–Crippen MR) is 78.8 cm³/mol. The molecule has 1 heterocycles. The van der Waals surface area contributed by atoms with Gasteiger partial charge in [-0.05, 0) is 40.0 Å². The predicted octanol–water partition coefficient (Wildman–Crippen LogP) is 3.79. The van der Waals surface area contributed by atoms with E-state index in [1.165, 1.54) is 5.56 Å². The van der Waals surface area contributed by atoms with Crippen LogP contribution in [0.2, 0.25) is 0 Å². The number of hydrogen-bond acceptors (Lipinski definition) is 4. The van der Waals surface area contributed by atoms with Gasteiger partial charge in [-0.1, -0.05) is 13.0 Å². The summed E-state index contributed by atoms with van der Waals surface area (Å²) in [5.74, 6) is 1.85. The van der Waals surface area contributed by atoms with Crippen LogP contribution < -0.4 is 15.2 Å². The number of anilines is 1. The molecule has 0 unspecified atom stereocenters. The van der Waals surface area contributed by atoms with Gasteiger partial charge in [0.2, 0.25) is 0 Å². The summed E-state index contributed by atoms with van der Waals surface area (Å²) >= 11 is 3.37. The number of aryl methyl sites for hydroxylation is 1. The third-order valence-corrected chi connectivity index (χ3v) is 3.29. The molecule has 0 aliphatic rings. The first-order valence-electron chi connectivity index (χ1n) is 5.89. The summed E-state index contributed by atoms with van der Waals surface area (Å²) < 4.78 is 11.9. The molecule has 2 rings (SSSR count). The zero-order valence-electron chi connectivity index (χ0n) is 10.8. The van der Waals surface area contributed by atoms with Gasteiger partial charge in [0, 0.05) is 6.20 Å². The van der Waals surface area contributed by atoms with E-state index in [2.05, 4.69) is 27.8 Å². The second-order valence-electron chi connectivity index (χ2n) is 3.98. The fourth-order valence-corrected chi connectivity index (χ4v) is 2.10. The minimum Gasteiger partial charge on any atom is -0.493 e. The second kappa shape index (κ2) is 5.93. The Kier molecular flexibility index (Phi) is 4.27. The number of nitrogens with two attached hydrogens (primary N) is 1. The zero-order valence-corrected chi connectivity index (χ0v) is 12.4. The molecule has 0 aliphatic heterocycles. The fourth-order valence-electron chi connectivity index (χ4n) is 1.67. The summed E-state index contributed by atoms with van der Waals surface area (Å²) in [5.41, 5.74) is 7.51. The van der Waals surface area contributed by atoms with Crippen LogP contribution in [0.3, 0.4) is 0 Å². The van der Waals surface area contributed by atoms with Crippen molar-refractivity contribution in [3.63, 3.8) is 0 Å². The van der Waals surface area contributed by atoms with E-state index in [1.807, 2.05) is 18.2 Å². The highest BCUT2D eigenvalue weighted by molar-refractivity contribution is 9.10. The molecule has 0 fully saturated rings. The molecule has 0 spiro atoms. The Bertz CT molecular complexity index is 567. The van der Waals surface area contributed by atoms with Gasteiger partial charge < -0.3 is 15.2 Å². The van der Waals surface area contributed by atoms with Crippen molar-refractivity contribution in [1.82, 2.24) is 4.98 Å². The molecule has 4 nitrogen and oxygen atoms in total. The van der Waals surface area contributed by atoms with E-state index in [1.54, 1.807) is 19.5 Å². The minimum atomic E-state index is 0.469. The zero-order chi connectivity index (χ0) is 13.8. The maximum Gasteiger partial charge on any atom is 0.169 e. The van der Waals surface area contributed by atoms with E-state index in [4.69, 9.17) is 15.2 Å². The van der Waals surface area contributed by atoms with Crippen molar-refractivity contribution >= 4 is 21.6 Å². The summed E-state index contributed by atoms with van der Waals surface area (Å²) in [4.78, 5) is 3.97. The lowest BCUT2D eigenvalue weighted by Crippen LogP contribution is -1.96. The first-order chi connectivity index (χ1) is 9.15. The molecule has 0 radical (unpaired) electrons. The molecule has 5 heteroatoms. The Labute approximate surface area is 120 Å². The first-order valence-corrected chi connectivity index (χ1v) is 6.68. The largest absolute Gasteiger partial charge is 0.493 e. The maximum absolute atomic E-state index is 5.86. The average molecular weight is 323 g/mol. The van der Waals surface area contributed by atoms with Gasteiger partial charge in [0.05, 0.1) is 23.5 Å². The third kappa shape index (κ3) is 2.98. The monoisotopic (exact) mass is 322 g/mol. The van der Waals surface area contributed by atoms with Gasteiger partial charge >= 0.3 is 0 Å². The summed E-state index contributed by atoms with van der Waals surface area (Å²) in [6.45, 7) is 2.09. The highest BCUT2D eigenvalue weighted by Crippen LogP contribution is 2.38. The molecular formula is C14H15BrN2O2. The van der Waals surface area contributed by atoms with Crippen LogP contribution in [0.4, 0.5) is 5.69 Å². The van der Waals surface area contributed by atoms with Crippen molar-refractivity contribution in [3.05, 3.63) is 40.6 Å². The van der Waals surface area contributed by atoms with Gasteiger partial charge in [0.25, 0.3) is 0 Å². The number of rotatable bonds is 4. The number of ether oxygens (including phenoxy) is 2. The van der Waals surface area contributed by atoms with Crippen molar-refractivity contribution in [2.45, 2.75) is 13.3 Å². The van der Waals surface area contributed by atoms with Crippen LogP contribution in [0.25, 0.3) is 0 Å². The van der Waals surface area contributed by atoms with Crippen LogP contribution in [-0.4, -0.2) is 12.1 Å². The van der Waals surface area contributed by atoms with Crippen LogP contribution in [0.1, 0.15) is 12.5 Å². The molecule has 0 aliphatic carbocycles. The number of nitrogens with zero attached hydrogens (tertiary/aromatic N) is 1. The number of methoxy groups -OCH3 is 1. The Morgan fingerprint density at radius 3 is 2.68 bits per heavy atom. The molecule has 19 heavy (non-hydrogen) atoms.